The minimum Gasteiger partial charge on any atom is -0.493 e. The predicted molar refractivity (Wildman–Crippen MR) is 77.5 cm³/mol. The van der Waals surface area contributed by atoms with Crippen molar-refractivity contribution in [3.05, 3.63) is 23.3 Å². The number of rotatable bonds is 4. The van der Waals surface area contributed by atoms with Gasteiger partial charge in [-0.25, -0.2) is 0 Å². The molecule has 0 aliphatic carbocycles. The molecule has 1 N–H and O–H groups in total. The van der Waals surface area contributed by atoms with Crippen LogP contribution in [0.15, 0.2) is 12.1 Å². The standard InChI is InChI=1S/C15H22N2O3/c1-16-15(18)10-17-6-4-11-8-13(19-2)14(20-3)9-12(11)5-7-17/h8-9H,4-7,10H2,1-3H3,(H,16,18). The maximum Gasteiger partial charge on any atom is 0.233 e. The molecular formula is C15H22N2O3. The van der Waals surface area contributed by atoms with Crippen molar-refractivity contribution in [2.75, 3.05) is 40.9 Å². The lowest BCUT2D eigenvalue weighted by Gasteiger charge is -2.18. The number of ether oxygens (including phenoxy) is 2. The average molecular weight is 278 g/mol. The first-order chi connectivity index (χ1) is 9.67. The molecule has 0 spiro atoms. The summed E-state index contributed by atoms with van der Waals surface area (Å²) in [7, 11) is 4.97. The Hall–Kier alpha value is -1.75. The Bertz CT molecular complexity index is 453. The highest BCUT2D eigenvalue weighted by Gasteiger charge is 2.18. The van der Waals surface area contributed by atoms with Crippen molar-refractivity contribution < 1.29 is 14.3 Å². The Kier molecular flexibility index (Phi) is 4.84. The minimum atomic E-state index is 0.0612. The van der Waals surface area contributed by atoms with Gasteiger partial charge in [0.25, 0.3) is 0 Å². The van der Waals surface area contributed by atoms with E-state index in [-0.39, 0.29) is 5.91 Å². The first-order valence-electron chi connectivity index (χ1n) is 6.84. The van der Waals surface area contributed by atoms with Gasteiger partial charge in [-0.05, 0) is 36.1 Å². The molecule has 0 saturated carbocycles. The van der Waals surface area contributed by atoms with Gasteiger partial charge < -0.3 is 14.8 Å². The normalized spacial score (nSPS) is 15.2. The number of amides is 1. The van der Waals surface area contributed by atoms with Gasteiger partial charge in [0.2, 0.25) is 5.91 Å². The van der Waals surface area contributed by atoms with Gasteiger partial charge in [0.15, 0.2) is 11.5 Å². The van der Waals surface area contributed by atoms with Crippen LogP contribution < -0.4 is 14.8 Å². The molecule has 1 heterocycles. The van der Waals surface area contributed by atoms with Gasteiger partial charge in [-0.1, -0.05) is 0 Å². The zero-order valence-electron chi connectivity index (χ0n) is 12.4. The van der Waals surface area contributed by atoms with Crippen LogP contribution in [0.3, 0.4) is 0 Å². The van der Waals surface area contributed by atoms with Crippen molar-refractivity contribution in [3.63, 3.8) is 0 Å². The van der Waals surface area contributed by atoms with Crippen LogP contribution in [0.5, 0.6) is 11.5 Å². The van der Waals surface area contributed by atoms with E-state index in [0.717, 1.165) is 37.4 Å². The second-order valence-corrected chi connectivity index (χ2v) is 4.93. The molecule has 1 amide bonds. The van der Waals surface area contributed by atoms with E-state index in [9.17, 15) is 4.79 Å². The second kappa shape index (κ2) is 6.61. The third-order valence-corrected chi connectivity index (χ3v) is 3.75. The van der Waals surface area contributed by atoms with Crippen LogP contribution in [0, 0.1) is 0 Å². The summed E-state index contributed by atoms with van der Waals surface area (Å²) in [5, 5.41) is 2.67. The van der Waals surface area contributed by atoms with E-state index >= 15 is 0 Å². The summed E-state index contributed by atoms with van der Waals surface area (Å²) in [4.78, 5) is 13.7. The molecule has 110 valence electrons. The Labute approximate surface area is 119 Å². The van der Waals surface area contributed by atoms with Crippen LogP contribution in [-0.2, 0) is 17.6 Å². The Balaban J connectivity index is 2.14. The monoisotopic (exact) mass is 278 g/mol. The van der Waals surface area contributed by atoms with Crippen LogP contribution in [-0.4, -0.2) is 51.7 Å². The minimum absolute atomic E-state index is 0.0612. The SMILES string of the molecule is CNC(=O)CN1CCc2cc(OC)c(OC)cc2CC1. The lowest BCUT2D eigenvalue weighted by atomic mass is 10.0. The topological polar surface area (TPSA) is 50.8 Å². The molecule has 1 aromatic carbocycles. The summed E-state index contributed by atoms with van der Waals surface area (Å²) in [5.41, 5.74) is 2.56. The van der Waals surface area contributed by atoms with Gasteiger partial charge in [-0.15, -0.1) is 0 Å². The number of carbonyl (C=O) groups is 1. The summed E-state index contributed by atoms with van der Waals surface area (Å²) in [6.07, 6.45) is 1.85. The van der Waals surface area contributed by atoms with E-state index in [1.165, 1.54) is 11.1 Å². The molecule has 20 heavy (non-hydrogen) atoms. The number of benzene rings is 1. The number of nitrogens with one attached hydrogen (secondary N) is 1. The number of hydrogen-bond acceptors (Lipinski definition) is 4. The molecule has 0 unspecified atom stereocenters. The summed E-state index contributed by atoms with van der Waals surface area (Å²) >= 11 is 0. The van der Waals surface area contributed by atoms with Crippen LogP contribution in [0.4, 0.5) is 0 Å². The second-order valence-electron chi connectivity index (χ2n) is 4.93. The molecule has 1 aliphatic rings. The quantitative estimate of drug-likeness (QED) is 0.887. The molecule has 0 bridgehead atoms. The van der Waals surface area contributed by atoms with E-state index in [0.29, 0.717) is 6.54 Å². The molecule has 0 fully saturated rings. The maximum atomic E-state index is 11.5. The summed E-state index contributed by atoms with van der Waals surface area (Å²) in [6.45, 7) is 2.23. The van der Waals surface area contributed by atoms with Gasteiger partial charge in [0, 0.05) is 20.1 Å². The highest BCUT2D eigenvalue weighted by molar-refractivity contribution is 5.77. The van der Waals surface area contributed by atoms with Crippen molar-refractivity contribution in [3.8, 4) is 11.5 Å². The molecule has 0 aromatic heterocycles. The van der Waals surface area contributed by atoms with Gasteiger partial charge in [-0.2, -0.15) is 0 Å². The molecule has 5 heteroatoms. The van der Waals surface area contributed by atoms with E-state index in [4.69, 9.17) is 9.47 Å². The van der Waals surface area contributed by atoms with Crippen LogP contribution >= 0.6 is 0 Å². The first kappa shape index (κ1) is 14.7. The highest BCUT2D eigenvalue weighted by Crippen LogP contribution is 2.32. The van der Waals surface area contributed by atoms with Crippen molar-refractivity contribution in [1.82, 2.24) is 10.2 Å². The van der Waals surface area contributed by atoms with E-state index in [2.05, 4.69) is 22.3 Å². The Morgan fingerprint density at radius 2 is 1.65 bits per heavy atom. The number of methoxy groups -OCH3 is 2. The zero-order valence-corrected chi connectivity index (χ0v) is 12.4. The fourth-order valence-electron chi connectivity index (χ4n) is 2.54. The van der Waals surface area contributed by atoms with E-state index in [1.807, 2.05) is 0 Å². The number of fused-ring (bicyclic) bond motifs is 1. The van der Waals surface area contributed by atoms with Crippen LogP contribution in [0.25, 0.3) is 0 Å². The molecule has 0 radical (unpaired) electrons. The van der Waals surface area contributed by atoms with Gasteiger partial charge in [0.1, 0.15) is 0 Å². The Morgan fingerprint density at radius 1 is 1.15 bits per heavy atom. The van der Waals surface area contributed by atoms with Gasteiger partial charge in [-0.3, -0.25) is 9.69 Å². The van der Waals surface area contributed by atoms with Crippen LogP contribution in [0.2, 0.25) is 0 Å². The fourth-order valence-corrected chi connectivity index (χ4v) is 2.54. The molecule has 1 aromatic rings. The number of carbonyl (C=O) groups excluding carboxylic acids is 1. The molecule has 2 rings (SSSR count). The van der Waals surface area contributed by atoms with E-state index in [1.54, 1.807) is 21.3 Å². The predicted octanol–water partition coefficient (Wildman–Crippen LogP) is 0.850. The molecule has 1 aliphatic heterocycles. The lowest BCUT2D eigenvalue weighted by Crippen LogP contribution is -2.37. The number of likely N-dealkylation sites (N-methyl/N-ethyl adjacent to an activating group) is 1. The van der Waals surface area contributed by atoms with Crippen molar-refractivity contribution in [2.24, 2.45) is 0 Å². The summed E-state index contributed by atoms with van der Waals surface area (Å²) in [6, 6.07) is 4.11. The molecule has 0 atom stereocenters. The third kappa shape index (κ3) is 3.22. The smallest absolute Gasteiger partial charge is 0.233 e. The van der Waals surface area contributed by atoms with Crippen LogP contribution in [0.1, 0.15) is 11.1 Å². The first-order valence-corrected chi connectivity index (χ1v) is 6.84. The zero-order chi connectivity index (χ0) is 14.5. The summed E-state index contributed by atoms with van der Waals surface area (Å²) in [5.74, 6) is 1.60. The lowest BCUT2D eigenvalue weighted by molar-refractivity contribution is -0.121. The van der Waals surface area contributed by atoms with Crippen molar-refractivity contribution in [1.29, 1.82) is 0 Å². The maximum absolute atomic E-state index is 11.5. The van der Waals surface area contributed by atoms with E-state index < -0.39 is 0 Å². The number of nitrogens with zero attached hydrogens (tertiary/aromatic N) is 1. The van der Waals surface area contributed by atoms with Gasteiger partial charge >= 0.3 is 0 Å². The average Bonchev–Trinajstić information content (AvgIpc) is 2.67. The van der Waals surface area contributed by atoms with Gasteiger partial charge in [0.05, 0.1) is 20.8 Å². The third-order valence-electron chi connectivity index (χ3n) is 3.75. The summed E-state index contributed by atoms with van der Waals surface area (Å²) < 4.78 is 10.7. The van der Waals surface area contributed by atoms with Crippen molar-refractivity contribution >= 4 is 5.91 Å². The Morgan fingerprint density at radius 3 is 2.05 bits per heavy atom. The fraction of sp³-hybridized carbons (Fsp3) is 0.533. The largest absolute Gasteiger partial charge is 0.493 e. The number of hydrogen-bond donors (Lipinski definition) is 1. The van der Waals surface area contributed by atoms with Crippen molar-refractivity contribution in [2.45, 2.75) is 12.8 Å². The highest BCUT2D eigenvalue weighted by atomic mass is 16.5. The molecule has 0 saturated heterocycles. The molecular weight excluding hydrogens is 256 g/mol. The molecule has 5 nitrogen and oxygen atoms in total.